The van der Waals surface area contributed by atoms with Crippen LogP contribution in [-0.2, 0) is 5.41 Å². The van der Waals surface area contributed by atoms with Crippen molar-refractivity contribution in [2.75, 3.05) is 6.54 Å². The standard InChI is InChI=1S/C15H23N/c1-11-14(9-10-16-11)12-5-7-13(8-6-12)15(2,3)4/h5-8,11,14,16H,9-10H2,1-4H3. The van der Waals surface area contributed by atoms with Crippen molar-refractivity contribution in [2.24, 2.45) is 0 Å². The molecule has 1 heteroatoms. The molecule has 1 nitrogen and oxygen atoms in total. The van der Waals surface area contributed by atoms with E-state index in [9.17, 15) is 0 Å². The van der Waals surface area contributed by atoms with Crippen LogP contribution >= 0.6 is 0 Å². The molecule has 1 aromatic carbocycles. The van der Waals surface area contributed by atoms with Crippen molar-refractivity contribution < 1.29 is 0 Å². The monoisotopic (exact) mass is 217 g/mol. The summed E-state index contributed by atoms with van der Waals surface area (Å²) in [4.78, 5) is 0. The van der Waals surface area contributed by atoms with E-state index in [0.717, 1.165) is 6.54 Å². The SMILES string of the molecule is CC1NCCC1c1ccc(C(C)(C)C)cc1. The van der Waals surface area contributed by atoms with Crippen LogP contribution in [0.25, 0.3) is 0 Å². The van der Waals surface area contributed by atoms with E-state index in [1.807, 2.05) is 0 Å². The van der Waals surface area contributed by atoms with E-state index in [1.165, 1.54) is 17.5 Å². The molecule has 0 radical (unpaired) electrons. The molecule has 1 fully saturated rings. The van der Waals surface area contributed by atoms with Crippen molar-refractivity contribution in [2.45, 2.75) is 51.5 Å². The number of rotatable bonds is 1. The molecule has 0 spiro atoms. The molecule has 0 aliphatic carbocycles. The van der Waals surface area contributed by atoms with Crippen molar-refractivity contribution in [3.05, 3.63) is 35.4 Å². The first-order valence-electron chi connectivity index (χ1n) is 6.32. The summed E-state index contributed by atoms with van der Waals surface area (Å²) in [7, 11) is 0. The maximum absolute atomic E-state index is 3.51. The summed E-state index contributed by atoms with van der Waals surface area (Å²) in [6.45, 7) is 10.2. The third-order valence-corrected chi connectivity index (χ3v) is 3.73. The van der Waals surface area contributed by atoms with Crippen LogP contribution in [0.1, 0.15) is 51.2 Å². The van der Waals surface area contributed by atoms with Crippen molar-refractivity contribution in [1.29, 1.82) is 0 Å². The second-order valence-electron chi connectivity index (χ2n) is 6.01. The fraction of sp³-hybridized carbons (Fsp3) is 0.600. The van der Waals surface area contributed by atoms with E-state index in [1.54, 1.807) is 0 Å². The molecular weight excluding hydrogens is 194 g/mol. The lowest BCUT2D eigenvalue weighted by atomic mass is 9.84. The molecule has 0 amide bonds. The molecule has 0 aromatic heterocycles. The minimum atomic E-state index is 0.262. The molecule has 2 unspecified atom stereocenters. The second kappa shape index (κ2) is 4.21. The molecule has 16 heavy (non-hydrogen) atoms. The van der Waals surface area contributed by atoms with Gasteiger partial charge in [-0.3, -0.25) is 0 Å². The maximum Gasteiger partial charge on any atom is 0.0108 e. The summed E-state index contributed by atoms with van der Waals surface area (Å²) >= 11 is 0. The lowest BCUT2D eigenvalue weighted by molar-refractivity contribution is 0.582. The van der Waals surface area contributed by atoms with E-state index < -0.39 is 0 Å². The zero-order chi connectivity index (χ0) is 11.8. The Morgan fingerprint density at radius 1 is 1.12 bits per heavy atom. The molecule has 1 heterocycles. The first-order valence-corrected chi connectivity index (χ1v) is 6.32. The minimum absolute atomic E-state index is 0.262. The predicted molar refractivity (Wildman–Crippen MR) is 70.0 cm³/mol. The topological polar surface area (TPSA) is 12.0 Å². The second-order valence-corrected chi connectivity index (χ2v) is 6.01. The van der Waals surface area contributed by atoms with Crippen LogP contribution in [0.4, 0.5) is 0 Å². The Bertz CT molecular complexity index is 345. The zero-order valence-electron chi connectivity index (χ0n) is 10.9. The van der Waals surface area contributed by atoms with Crippen LogP contribution in [0.5, 0.6) is 0 Å². The van der Waals surface area contributed by atoms with Gasteiger partial charge in [0.25, 0.3) is 0 Å². The summed E-state index contributed by atoms with van der Waals surface area (Å²) < 4.78 is 0. The van der Waals surface area contributed by atoms with Gasteiger partial charge >= 0.3 is 0 Å². The molecule has 0 bridgehead atoms. The average molecular weight is 217 g/mol. The molecule has 1 aliphatic rings. The Morgan fingerprint density at radius 2 is 1.75 bits per heavy atom. The van der Waals surface area contributed by atoms with Gasteiger partial charge in [0.1, 0.15) is 0 Å². The van der Waals surface area contributed by atoms with Gasteiger partial charge < -0.3 is 5.32 Å². The van der Waals surface area contributed by atoms with Gasteiger partial charge in [0, 0.05) is 12.0 Å². The van der Waals surface area contributed by atoms with Gasteiger partial charge in [-0.05, 0) is 36.4 Å². The Hall–Kier alpha value is -0.820. The van der Waals surface area contributed by atoms with Crippen LogP contribution in [-0.4, -0.2) is 12.6 Å². The third kappa shape index (κ3) is 2.30. The molecule has 2 atom stereocenters. The number of hydrogen-bond acceptors (Lipinski definition) is 1. The lowest BCUT2D eigenvalue weighted by Gasteiger charge is -2.21. The molecule has 1 aliphatic heterocycles. The van der Waals surface area contributed by atoms with Gasteiger partial charge in [-0.2, -0.15) is 0 Å². The van der Waals surface area contributed by atoms with Gasteiger partial charge in [0.15, 0.2) is 0 Å². The Kier molecular flexibility index (Phi) is 3.07. The van der Waals surface area contributed by atoms with Crippen LogP contribution in [0.2, 0.25) is 0 Å². The smallest absolute Gasteiger partial charge is 0.0108 e. The van der Waals surface area contributed by atoms with E-state index in [4.69, 9.17) is 0 Å². The highest BCUT2D eigenvalue weighted by molar-refractivity contribution is 5.30. The summed E-state index contributed by atoms with van der Waals surface area (Å²) in [6.07, 6.45) is 1.27. The van der Waals surface area contributed by atoms with Crippen molar-refractivity contribution in [3.8, 4) is 0 Å². The number of benzene rings is 1. The summed E-state index contributed by atoms with van der Waals surface area (Å²) in [6, 6.07) is 9.84. The Balaban J connectivity index is 2.19. The molecule has 2 rings (SSSR count). The molecule has 88 valence electrons. The molecule has 1 saturated heterocycles. The summed E-state index contributed by atoms with van der Waals surface area (Å²) in [5.74, 6) is 0.703. The van der Waals surface area contributed by atoms with E-state index >= 15 is 0 Å². The molecule has 1 N–H and O–H groups in total. The van der Waals surface area contributed by atoms with Crippen molar-refractivity contribution >= 4 is 0 Å². The van der Waals surface area contributed by atoms with E-state index in [-0.39, 0.29) is 5.41 Å². The van der Waals surface area contributed by atoms with Gasteiger partial charge in [-0.25, -0.2) is 0 Å². The lowest BCUT2D eigenvalue weighted by Crippen LogP contribution is -2.21. The zero-order valence-corrected chi connectivity index (χ0v) is 10.9. The predicted octanol–water partition coefficient (Wildman–Crippen LogP) is 3.45. The van der Waals surface area contributed by atoms with E-state index in [2.05, 4.69) is 57.3 Å². The number of nitrogens with one attached hydrogen (secondary N) is 1. The van der Waals surface area contributed by atoms with Gasteiger partial charge in [0.2, 0.25) is 0 Å². The summed E-state index contributed by atoms with van der Waals surface area (Å²) in [5.41, 5.74) is 3.18. The largest absolute Gasteiger partial charge is 0.314 e. The van der Waals surface area contributed by atoms with Crippen LogP contribution in [0, 0.1) is 0 Å². The third-order valence-electron chi connectivity index (χ3n) is 3.73. The van der Waals surface area contributed by atoms with Crippen molar-refractivity contribution in [1.82, 2.24) is 5.32 Å². The summed E-state index contributed by atoms with van der Waals surface area (Å²) in [5, 5.41) is 3.51. The quantitative estimate of drug-likeness (QED) is 0.759. The first-order chi connectivity index (χ1) is 7.48. The average Bonchev–Trinajstić information content (AvgIpc) is 2.63. The van der Waals surface area contributed by atoms with Gasteiger partial charge in [-0.1, -0.05) is 45.0 Å². The first kappa shape index (κ1) is 11.7. The Morgan fingerprint density at radius 3 is 2.19 bits per heavy atom. The van der Waals surface area contributed by atoms with Crippen LogP contribution in [0.15, 0.2) is 24.3 Å². The van der Waals surface area contributed by atoms with Gasteiger partial charge in [0.05, 0.1) is 0 Å². The van der Waals surface area contributed by atoms with E-state index in [0.29, 0.717) is 12.0 Å². The van der Waals surface area contributed by atoms with Crippen LogP contribution in [0.3, 0.4) is 0 Å². The minimum Gasteiger partial charge on any atom is -0.314 e. The highest BCUT2D eigenvalue weighted by Crippen LogP contribution is 2.29. The molecular formula is C15H23N. The number of hydrogen-bond donors (Lipinski definition) is 1. The van der Waals surface area contributed by atoms with Crippen LogP contribution < -0.4 is 5.32 Å². The fourth-order valence-corrected chi connectivity index (χ4v) is 2.54. The maximum atomic E-state index is 3.51. The highest BCUT2D eigenvalue weighted by Gasteiger charge is 2.24. The van der Waals surface area contributed by atoms with Crippen molar-refractivity contribution in [3.63, 3.8) is 0 Å². The molecule has 1 aromatic rings. The fourth-order valence-electron chi connectivity index (χ4n) is 2.54. The molecule has 0 saturated carbocycles. The highest BCUT2D eigenvalue weighted by atomic mass is 14.9. The normalized spacial score (nSPS) is 26.0. The Labute approximate surface area is 99.3 Å². The van der Waals surface area contributed by atoms with Gasteiger partial charge in [-0.15, -0.1) is 0 Å².